The number of aliphatic hydroxyl groups is 1. The van der Waals surface area contributed by atoms with Crippen molar-refractivity contribution in [3.8, 4) is 6.07 Å². The Hall–Kier alpha value is -2.51. The lowest BCUT2D eigenvalue weighted by Crippen LogP contribution is -2.12. The van der Waals surface area contributed by atoms with Gasteiger partial charge in [-0.3, -0.25) is 0 Å². The van der Waals surface area contributed by atoms with Gasteiger partial charge in [0.15, 0.2) is 0 Å². The zero-order valence-electron chi connectivity index (χ0n) is 10.4. The van der Waals surface area contributed by atoms with E-state index >= 15 is 0 Å². The number of hydrogen-bond acceptors (Lipinski definition) is 4. The van der Waals surface area contributed by atoms with Crippen LogP contribution in [-0.4, -0.2) is 11.7 Å². The van der Waals surface area contributed by atoms with Crippen molar-refractivity contribution in [2.45, 2.75) is 6.10 Å². The summed E-state index contributed by atoms with van der Waals surface area (Å²) in [5.41, 5.74) is 8.25. The molecule has 19 heavy (non-hydrogen) atoms. The van der Waals surface area contributed by atoms with Gasteiger partial charge in [-0.2, -0.15) is 5.26 Å². The largest absolute Gasteiger partial charge is 0.398 e. The number of nitrogens with two attached hydrogens (primary N) is 1. The van der Waals surface area contributed by atoms with E-state index in [1.807, 2.05) is 36.4 Å². The van der Waals surface area contributed by atoms with Crippen molar-refractivity contribution in [3.63, 3.8) is 0 Å². The van der Waals surface area contributed by atoms with Crippen molar-refractivity contribution in [2.75, 3.05) is 17.6 Å². The molecule has 0 aliphatic carbocycles. The molecule has 2 rings (SSSR count). The van der Waals surface area contributed by atoms with E-state index in [2.05, 4.69) is 5.32 Å². The highest BCUT2D eigenvalue weighted by molar-refractivity contribution is 5.62. The van der Waals surface area contributed by atoms with Crippen LogP contribution in [0.1, 0.15) is 17.2 Å². The number of nitrogens with one attached hydrogen (secondary N) is 1. The molecule has 2 aromatic rings. The van der Waals surface area contributed by atoms with Crippen LogP contribution in [0, 0.1) is 11.3 Å². The zero-order valence-corrected chi connectivity index (χ0v) is 10.4. The third kappa shape index (κ3) is 3.24. The van der Waals surface area contributed by atoms with Crippen LogP contribution < -0.4 is 11.1 Å². The van der Waals surface area contributed by atoms with Crippen molar-refractivity contribution in [1.29, 1.82) is 5.26 Å². The zero-order chi connectivity index (χ0) is 13.7. The van der Waals surface area contributed by atoms with Crippen LogP contribution in [0.3, 0.4) is 0 Å². The van der Waals surface area contributed by atoms with Crippen molar-refractivity contribution in [2.24, 2.45) is 0 Å². The molecule has 0 heterocycles. The molecular weight excluding hydrogens is 238 g/mol. The Morgan fingerprint density at radius 1 is 1.21 bits per heavy atom. The predicted octanol–water partition coefficient (Wildman–Crippen LogP) is 2.29. The highest BCUT2D eigenvalue weighted by Gasteiger charge is 2.07. The number of benzene rings is 2. The van der Waals surface area contributed by atoms with Crippen LogP contribution >= 0.6 is 0 Å². The normalized spacial score (nSPS) is 11.6. The van der Waals surface area contributed by atoms with Gasteiger partial charge in [-0.15, -0.1) is 0 Å². The van der Waals surface area contributed by atoms with Crippen molar-refractivity contribution >= 4 is 11.4 Å². The minimum absolute atomic E-state index is 0.384. The molecule has 2 aromatic carbocycles. The van der Waals surface area contributed by atoms with Crippen molar-refractivity contribution in [3.05, 3.63) is 59.7 Å². The topological polar surface area (TPSA) is 82.1 Å². The summed E-state index contributed by atoms with van der Waals surface area (Å²) >= 11 is 0. The number of nitrogens with zero attached hydrogens (tertiary/aromatic N) is 1. The molecule has 0 aliphatic heterocycles. The lowest BCUT2D eigenvalue weighted by atomic mass is 10.1. The van der Waals surface area contributed by atoms with Crippen LogP contribution in [0.4, 0.5) is 11.4 Å². The van der Waals surface area contributed by atoms with Gasteiger partial charge in [0, 0.05) is 12.2 Å². The second-order valence-corrected chi connectivity index (χ2v) is 4.22. The van der Waals surface area contributed by atoms with Gasteiger partial charge in [0.25, 0.3) is 0 Å². The van der Waals surface area contributed by atoms with Gasteiger partial charge in [-0.1, -0.05) is 30.3 Å². The van der Waals surface area contributed by atoms with Gasteiger partial charge in [0.05, 0.1) is 17.4 Å². The molecule has 4 N–H and O–H groups in total. The fourth-order valence-corrected chi connectivity index (χ4v) is 1.78. The quantitative estimate of drug-likeness (QED) is 0.730. The van der Waals surface area contributed by atoms with Gasteiger partial charge >= 0.3 is 0 Å². The maximum atomic E-state index is 10.0. The predicted molar refractivity (Wildman–Crippen MR) is 75.5 cm³/mol. The van der Waals surface area contributed by atoms with E-state index in [9.17, 15) is 5.11 Å². The van der Waals surface area contributed by atoms with Crippen LogP contribution in [0.25, 0.3) is 0 Å². The molecule has 0 bridgehead atoms. The van der Waals surface area contributed by atoms with E-state index in [4.69, 9.17) is 11.0 Å². The van der Waals surface area contributed by atoms with Crippen LogP contribution in [-0.2, 0) is 0 Å². The second-order valence-electron chi connectivity index (χ2n) is 4.22. The van der Waals surface area contributed by atoms with Gasteiger partial charge in [-0.05, 0) is 23.8 Å². The van der Waals surface area contributed by atoms with E-state index in [0.29, 0.717) is 17.8 Å². The van der Waals surface area contributed by atoms with Gasteiger partial charge in [-0.25, -0.2) is 0 Å². The molecule has 0 fully saturated rings. The first-order valence-corrected chi connectivity index (χ1v) is 5.97. The SMILES string of the molecule is N#Cc1ccc(NCC(O)c2ccccc2)cc1N. The molecule has 96 valence electrons. The summed E-state index contributed by atoms with van der Waals surface area (Å²) in [6.45, 7) is 0.384. The summed E-state index contributed by atoms with van der Waals surface area (Å²) in [4.78, 5) is 0. The molecule has 4 nitrogen and oxygen atoms in total. The number of hydrogen-bond donors (Lipinski definition) is 3. The molecule has 4 heteroatoms. The van der Waals surface area contributed by atoms with Crippen molar-refractivity contribution in [1.82, 2.24) is 0 Å². The monoisotopic (exact) mass is 253 g/mol. The van der Waals surface area contributed by atoms with E-state index in [0.717, 1.165) is 11.3 Å². The summed E-state index contributed by atoms with van der Waals surface area (Å²) < 4.78 is 0. The number of rotatable bonds is 4. The fourth-order valence-electron chi connectivity index (χ4n) is 1.78. The number of nitrogen functional groups attached to an aromatic ring is 1. The molecule has 0 aromatic heterocycles. The minimum Gasteiger partial charge on any atom is -0.398 e. The van der Waals surface area contributed by atoms with E-state index in [-0.39, 0.29) is 0 Å². The van der Waals surface area contributed by atoms with E-state index in [1.165, 1.54) is 0 Å². The fraction of sp³-hybridized carbons (Fsp3) is 0.133. The molecule has 0 radical (unpaired) electrons. The van der Waals surface area contributed by atoms with Gasteiger partial charge in [0.1, 0.15) is 6.07 Å². The van der Waals surface area contributed by atoms with Gasteiger partial charge < -0.3 is 16.2 Å². The van der Waals surface area contributed by atoms with E-state index < -0.39 is 6.10 Å². The Kier molecular flexibility index (Phi) is 4.01. The highest BCUT2D eigenvalue weighted by atomic mass is 16.3. The Labute approximate surface area is 112 Å². The maximum Gasteiger partial charge on any atom is 0.101 e. The lowest BCUT2D eigenvalue weighted by Gasteiger charge is -2.13. The maximum absolute atomic E-state index is 10.0. The first-order chi connectivity index (χ1) is 9.20. The molecule has 0 saturated carbocycles. The Morgan fingerprint density at radius 3 is 2.58 bits per heavy atom. The van der Waals surface area contributed by atoms with Crippen LogP contribution in [0.2, 0.25) is 0 Å². The smallest absolute Gasteiger partial charge is 0.101 e. The number of aliphatic hydroxyl groups excluding tert-OH is 1. The summed E-state index contributed by atoms with van der Waals surface area (Å²) in [6, 6.07) is 16.6. The van der Waals surface area contributed by atoms with Gasteiger partial charge in [0.2, 0.25) is 0 Å². The Balaban J connectivity index is 2.00. The number of nitriles is 1. The molecule has 1 atom stereocenters. The summed E-state index contributed by atoms with van der Waals surface area (Å²) in [5.74, 6) is 0. The van der Waals surface area contributed by atoms with Crippen LogP contribution in [0.15, 0.2) is 48.5 Å². The lowest BCUT2D eigenvalue weighted by molar-refractivity contribution is 0.191. The van der Waals surface area contributed by atoms with Crippen molar-refractivity contribution < 1.29 is 5.11 Å². The molecule has 0 amide bonds. The summed E-state index contributed by atoms with van der Waals surface area (Å²) in [6.07, 6.45) is -0.585. The second kappa shape index (κ2) is 5.89. The molecule has 0 saturated heterocycles. The standard InChI is InChI=1S/C15H15N3O/c16-9-12-6-7-13(8-14(12)17)18-10-15(19)11-4-2-1-3-5-11/h1-8,15,18-19H,10,17H2. The third-order valence-corrected chi connectivity index (χ3v) is 2.86. The average molecular weight is 253 g/mol. The summed E-state index contributed by atoms with van der Waals surface area (Å²) in [7, 11) is 0. The average Bonchev–Trinajstić information content (AvgIpc) is 2.46. The first kappa shape index (κ1) is 12.9. The molecule has 0 spiro atoms. The van der Waals surface area contributed by atoms with Crippen LogP contribution in [0.5, 0.6) is 0 Å². The number of anilines is 2. The highest BCUT2D eigenvalue weighted by Crippen LogP contribution is 2.19. The summed E-state index contributed by atoms with van der Waals surface area (Å²) in [5, 5.41) is 21.9. The Morgan fingerprint density at radius 2 is 1.95 bits per heavy atom. The minimum atomic E-state index is -0.585. The third-order valence-electron chi connectivity index (χ3n) is 2.86. The molecular formula is C15H15N3O. The molecule has 0 aliphatic rings. The first-order valence-electron chi connectivity index (χ1n) is 5.97. The molecule has 1 unspecified atom stereocenters. The Bertz CT molecular complexity index is 590. The van der Waals surface area contributed by atoms with E-state index in [1.54, 1.807) is 18.2 Å².